The van der Waals surface area contributed by atoms with Crippen LogP contribution in [0.2, 0.25) is 0 Å². The molecule has 0 saturated heterocycles. The molecular formula is C17H23N5O2. The Morgan fingerprint density at radius 1 is 1.38 bits per heavy atom. The van der Waals surface area contributed by atoms with Gasteiger partial charge in [-0.25, -0.2) is 9.89 Å². The van der Waals surface area contributed by atoms with Crippen LogP contribution in [0, 0.1) is 0 Å². The van der Waals surface area contributed by atoms with Crippen LogP contribution in [0.15, 0.2) is 29.1 Å². The number of carbonyl (C=O) groups excluding carboxylic acids is 1. The summed E-state index contributed by atoms with van der Waals surface area (Å²) >= 11 is 0. The van der Waals surface area contributed by atoms with Gasteiger partial charge in [-0.2, -0.15) is 5.10 Å². The molecule has 0 spiro atoms. The van der Waals surface area contributed by atoms with E-state index < -0.39 is 0 Å². The summed E-state index contributed by atoms with van der Waals surface area (Å²) in [6, 6.07) is 8.80. The standard InChI is InChI=1S/C17H23N5O2/c1-21-10-13-6-4-3-5-12(13)9-14(21)11-22(2)16(23)8-7-15-18-17(24)20-19-15/h3-6,14H,7-11H2,1-2H3,(H2,18,19,20,24). The maximum atomic E-state index is 12.3. The zero-order valence-corrected chi connectivity index (χ0v) is 14.1. The number of benzene rings is 1. The Bertz CT molecular complexity index is 766. The summed E-state index contributed by atoms with van der Waals surface area (Å²) in [5.74, 6) is 0.580. The summed E-state index contributed by atoms with van der Waals surface area (Å²) in [6.45, 7) is 1.61. The minimum Gasteiger partial charge on any atom is -0.344 e. The van der Waals surface area contributed by atoms with Crippen molar-refractivity contribution in [1.82, 2.24) is 25.0 Å². The van der Waals surface area contributed by atoms with E-state index in [1.807, 2.05) is 7.05 Å². The lowest BCUT2D eigenvalue weighted by Gasteiger charge is -2.36. The van der Waals surface area contributed by atoms with Crippen molar-refractivity contribution in [2.24, 2.45) is 0 Å². The number of aromatic amines is 2. The zero-order valence-electron chi connectivity index (χ0n) is 14.1. The van der Waals surface area contributed by atoms with Gasteiger partial charge in [-0.05, 0) is 24.6 Å². The van der Waals surface area contributed by atoms with Gasteiger partial charge in [0, 0.05) is 39.0 Å². The van der Waals surface area contributed by atoms with Gasteiger partial charge in [-0.1, -0.05) is 24.3 Å². The van der Waals surface area contributed by atoms with Gasteiger partial charge < -0.3 is 4.90 Å². The van der Waals surface area contributed by atoms with Crippen molar-refractivity contribution < 1.29 is 4.79 Å². The first-order chi connectivity index (χ1) is 11.5. The highest BCUT2D eigenvalue weighted by Crippen LogP contribution is 2.22. The Morgan fingerprint density at radius 2 is 2.12 bits per heavy atom. The molecule has 1 aromatic carbocycles. The van der Waals surface area contributed by atoms with E-state index in [9.17, 15) is 9.59 Å². The van der Waals surface area contributed by atoms with Crippen LogP contribution in [0.4, 0.5) is 0 Å². The van der Waals surface area contributed by atoms with Crippen molar-refractivity contribution in [2.75, 3.05) is 20.6 Å². The minimum absolute atomic E-state index is 0.0612. The van der Waals surface area contributed by atoms with Gasteiger partial charge in [0.2, 0.25) is 5.91 Å². The molecule has 7 nitrogen and oxygen atoms in total. The van der Waals surface area contributed by atoms with Gasteiger partial charge in [-0.3, -0.25) is 14.7 Å². The average Bonchev–Trinajstić information content (AvgIpc) is 2.98. The van der Waals surface area contributed by atoms with E-state index >= 15 is 0 Å². The quantitative estimate of drug-likeness (QED) is 0.839. The number of hydrogen-bond donors (Lipinski definition) is 2. The average molecular weight is 329 g/mol. The van der Waals surface area contributed by atoms with E-state index in [-0.39, 0.29) is 11.6 Å². The van der Waals surface area contributed by atoms with E-state index in [2.05, 4.69) is 51.4 Å². The maximum Gasteiger partial charge on any atom is 0.340 e. The molecule has 1 amide bonds. The first kappa shape index (κ1) is 16.4. The number of hydrogen-bond acceptors (Lipinski definition) is 4. The van der Waals surface area contributed by atoms with E-state index in [0.29, 0.717) is 31.3 Å². The van der Waals surface area contributed by atoms with Crippen LogP contribution < -0.4 is 5.69 Å². The molecule has 1 aliphatic rings. The van der Waals surface area contributed by atoms with Gasteiger partial charge in [0.1, 0.15) is 5.82 Å². The van der Waals surface area contributed by atoms with Crippen molar-refractivity contribution >= 4 is 5.91 Å². The predicted molar refractivity (Wildman–Crippen MR) is 90.6 cm³/mol. The number of nitrogens with zero attached hydrogens (tertiary/aromatic N) is 3. The van der Waals surface area contributed by atoms with E-state index in [4.69, 9.17) is 0 Å². The molecule has 0 saturated carbocycles. The summed E-state index contributed by atoms with van der Waals surface area (Å²) in [5.41, 5.74) is 2.40. The fraction of sp³-hybridized carbons (Fsp3) is 0.471. The Morgan fingerprint density at radius 3 is 2.83 bits per heavy atom. The molecule has 7 heteroatoms. The topological polar surface area (TPSA) is 85.1 Å². The third kappa shape index (κ3) is 3.73. The maximum absolute atomic E-state index is 12.3. The van der Waals surface area contributed by atoms with Gasteiger partial charge >= 0.3 is 5.69 Å². The second-order valence-corrected chi connectivity index (χ2v) is 6.44. The van der Waals surface area contributed by atoms with Crippen LogP contribution in [-0.4, -0.2) is 57.6 Å². The third-order valence-corrected chi connectivity index (χ3v) is 4.65. The first-order valence-electron chi connectivity index (χ1n) is 8.17. The van der Waals surface area contributed by atoms with Crippen LogP contribution in [0.3, 0.4) is 0 Å². The largest absolute Gasteiger partial charge is 0.344 e. The number of carbonyl (C=O) groups is 1. The second kappa shape index (κ2) is 7.00. The fourth-order valence-electron chi connectivity index (χ4n) is 3.18. The van der Waals surface area contributed by atoms with Crippen LogP contribution in [0.25, 0.3) is 0 Å². The zero-order chi connectivity index (χ0) is 17.1. The second-order valence-electron chi connectivity index (χ2n) is 6.44. The number of aromatic nitrogens is 3. The van der Waals surface area contributed by atoms with Crippen LogP contribution >= 0.6 is 0 Å². The van der Waals surface area contributed by atoms with Crippen LogP contribution in [0.5, 0.6) is 0 Å². The number of likely N-dealkylation sites (N-methyl/N-ethyl adjacent to an activating group) is 2. The van der Waals surface area contributed by atoms with Crippen LogP contribution in [-0.2, 0) is 24.2 Å². The van der Waals surface area contributed by atoms with E-state index in [1.54, 1.807) is 4.90 Å². The Kier molecular flexibility index (Phi) is 4.80. The number of H-pyrrole nitrogens is 2. The molecule has 1 atom stereocenters. The molecule has 2 heterocycles. The first-order valence-corrected chi connectivity index (χ1v) is 8.17. The van der Waals surface area contributed by atoms with Crippen molar-refractivity contribution in [2.45, 2.75) is 31.8 Å². The van der Waals surface area contributed by atoms with Gasteiger partial charge in [0.15, 0.2) is 0 Å². The Labute approximate surface area is 140 Å². The number of amides is 1. The SMILES string of the molecule is CN(CC1Cc2ccccc2CN1C)C(=O)CCc1n[nH]c(=O)[nH]1. The highest BCUT2D eigenvalue weighted by atomic mass is 16.2. The Balaban J connectivity index is 1.55. The van der Waals surface area contributed by atoms with Crippen molar-refractivity contribution in [3.05, 3.63) is 51.7 Å². The minimum atomic E-state index is -0.340. The number of rotatable bonds is 5. The molecule has 2 N–H and O–H groups in total. The highest BCUT2D eigenvalue weighted by Gasteiger charge is 2.25. The number of nitrogens with one attached hydrogen (secondary N) is 2. The monoisotopic (exact) mass is 329 g/mol. The summed E-state index contributed by atoms with van der Waals surface area (Å²) in [7, 11) is 3.94. The smallest absolute Gasteiger partial charge is 0.340 e. The van der Waals surface area contributed by atoms with Gasteiger partial charge in [0.25, 0.3) is 0 Å². The van der Waals surface area contributed by atoms with Gasteiger partial charge in [0.05, 0.1) is 0 Å². The predicted octanol–water partition coefficient (Wildman–Crippen LogP) is 0.546. The number of fused-ring (bicyclic) bond motifs is 1. The molecule has 3 rings (SSSR count). The highest BCUT2D eigenvalue weighted by molar-refractivity contribution is 5.76. The molecule has 0 aliphatic carbocycles. The van der Waals surface area contributed by atoms with Crippen molar-refractivity contribution in [3.63, 3.8) is 0 Å². The summed E-state index contributed by atoms with van der Waals surface area (Å²) in [5, 5.41) is 6.14. The molecule has 0 bridgehead atoms. The molecular weight excluding hydrogens is 306 g/mol. The lowest BCUT2D eigenvalue weighted by molar-refractivity contribution is -0.130. The number of aryl methyl sites for hydroxylation is 1. The molecule has 128 valence electrons. The van der Waals surface area contributed by atoms with Crippen LogP contribution in [0.1, 0.15) is 23.4 Å². The van der Waals surface area contributed by atoms with E-state index in [1.165, 1.54) is 11.1 Å². The van der Waals surface area contributed by atoms with Crippen molar-refractivity contribution in [1.29, 1.82) is 0 Å². The van der Waals surface area contributed by atoms with Gasteiger partial charge in [-0.15, -0.1) is 0 Å². The molecule has 0 fully saturated rings. The lowest BCUT2D eigenvalue weighted by Crippen LogP contribution is -2.46. The molecule has 2 aromatic rings. The molecule has 1 aromatic heterocycles. The summed E-state index contributed by atoms with van der Waals surface area (Å²) < 4.78 is 0. The fourth-order valence-corrected chi connectivity index (χ4v) is 3.18. The van der Waals surface area contributed by atoms with Crippen molar-refractivity contribution in [3.8, 4) is 0 Å². The third-order valence-electron chi connectivity index (χ3n) is 4.65. The molecule has 0 radical (unpaired) electrons. The summed E-state index contributed by atoms with van der Waals surface area (Å²) in [4.78, 5) is 30.0. The normalized spacial score (nSPS) is 17.5. The van der Waals surface area contributed by atoms with E-state index in [0.717, 1.165) is 13.0 Å². The summed E-state index contributed by atoms with van der Waals surface area (Å²) in [6.07, 6.45) is 1.73. The lowest BCUT2D eigenvalue weighted by atomic mass is 9.94. The Hall–Kier alpha value is -2.41. The molecule has 1 unspecified atom stereocenters. The molecule has 1 aliphatic heterocycles. The molecule has 24 heavy (non-hydrogen) atoms.